The van der Waals surface area contributed by atoms with E-state index >= 15 is 0 Å². The normalized spacial score (nSPS) is 11.9. The van der Waals surface area contributed by atoms with Crippen LogP contribution in [-0.2, 0) is 11.2 Å². The molecule has 152 valence electrons. The average molecular weight is 412 g/mol. The molecule has 3 rings (SSSR count). The second-order valence-electron chi connectivity index (χ2n) is 6.72. The first kappa shape index (κ1) is 20.9. The number of aryl methyl sites for hydroxylation is 2. The first-order valence-electron chi connectivity index (χ1n) is 9.46. The molecule has 0 aliphatic heterocycles. The Morgan fingerprint density at radius 1 is 1.24 bits per heavy atom. The van der Waals surface area contributed by atoms with Crippen molar-refractivity contribution >= 4 is 17.7 Å². The van der Waals surface area contributed by atoms with Crippen molar-refractivity contribution in [2.24, 2.45) is 0 Å². The number of aromatic nitrogens is 4. The van der Waals surface area contributed by atoms with Crippen molar-refractivity contribution in [2.45, 2.75) is 38.4 Å². The summed E-state index contributed by atoms with van der Waals surface area (Å²) in [6.45, 7) is 6.09. The van der Waals surface area contributed by atoms with E-state index in [-0.39, 0.29) is 17.7 Å². The van der Waals surface area contributed by atoms with E-state index in [0.717, 1.165) is 23.2 Å². The van der Waals surface area contributed by atoms with Crippen molar-refractivity contribution in [1.82, 2.24) is 25.5 Å². The van der Waals surface area contributed by atoms with Crippen LogP contribution in [0, 0.1) is 6.92 Å². The van der Waals surface area contributed by atoms with Crippen LogP contribution in [0.1, 0.15) is 36.6 Å². The lowest BCUT2D eigenvalue weighted by molar-refractivity contribution is -0.119. The van der Waals surface area contributed by atoms with Crippen LogP contribution in [-0.4, -0.2) is 39.0 Å². The number of benzene rings is 2. The molecule has 29 heavy (non-hydrogen) atoms. The Morgan fingerprint density at radius 3 is 2.69 bits per heavy atom. The van der Waals surface area contributed by atoms with E-state index in [0.29, 0.717) is 10.9 Å². The van der Waals surface area contributed by atoms with E-state index in [2.05, 4.69) is 52.0 Å². The van der Waals surface area contributed by atoms with E-state index in [1.54, 1.807) is 11.8 Å². The second-order valence-corrected chi connectivity index (χ2v) is 7.66. The lowest BCUT2D eigenvalue weighted by Crippen LogP contribution is -2.28. The number of nitrogens with one attached hydrogen (secondary N) is 1. The molecule has 1 N–H and O–H groups in total. The maximum atomic E-state index is 12.4. The van der Waals surface area contributed by atoms with Crippen molar-refractivity contribution in [1.29, 1.82) is 0 Å². The number of ether oxygens (including phenoxy) is 1. The Hall–Kier alpha value is -2.87. The lowest BCUT2D eigenvalue weighted by Gasteiger charge is -2.15. The topological polar surface area (TPSA) is 81.9 Å². The number of nitrogens with zero attached hydrogens (tertiary/aromatic N) is 4. The van der Waals surface area contributed by atoms with Crippen LogP contribution < -0.4 is 10.1 Å². The SMILES string of the molecule is CCc1ccc([C@H](C)NC(=O)CSc2nnnn2-c2cc(C)ccc2OC)cc1. The van der Waals surface area contributed by atoms with Gasteiger partial charge in [0.05, 0.1) is 18.9 Å². The van der Waals surface area contributed by atoms with Gasteiger partial charge < -0.3 is 10.1 Å². The molecule has 0 fully saturated rings. The number of thioether (sulfide) groups is 1. The number of carbonyl (C=O) groups excluding carboxylic acids is 1. The standard InChI is InChI=1S/C21H25N5O2S/c1-5-16-7-9-17(10-8-16)15(3)22-20(27)13-29-21-23-24-25-26(21)18-12-14(2)6-11-19(18)28-4/h6-12,15H,5,13H2,1-4H3,(H,22,27)/t15-/m0/s1. The number of hydrogen-bond donors (Lipinski definition) is 1. The van der Waals surface area contributed by atoms with Gasteiger partial charge in [-0.1, -0.05) is 49.0 Å². The summed E-state index contributed by atoms with van der Waals surface area (Å²) in [5, 5.41) is 15.4. The first-order chi connectivity index (χ1) is 14.0. The molecule has 0 aliphatic carbocycles. The molecule has 0 saturated heterocycles. The molecule has 1 atom stereocenters. The van der Waals surface area contributed by atoms with E-state index in [1.807, 2.05) is 32.0 Å². The van der Waals surface area contributed by atoms with Crippen molar-refractivity contribution < 1.29 is 9.53 Å². The second kappa shape index (κ2) is 9.56. The fraction of sp³-hybridized carbons (Fsp3) is 0.333. The highest BCUT2D eigenvalue weighted by Gasteiger charge is 2.16. The summed E-state index contributed by atoms with van der Waals surface area (Å²) >= 11 is 1.28. The van der Waals surface area contributed by atoms with Gasteiger partial charge in [0.25, 0.3) is 0 Å². The Balaban J connectivity index is 1.64. The number of amides is 1. The first-order valence-corrected chi connectivity index (χ1v) is 10.4. The van der Waals surface area contributed by atoms with Crippen molar-refractivity contribution in [3.8, 4) is 11.4 Å². The lowest BCUT2D eigenvalue weighted by atomic mass is 10.1. The average Bonchev–Trinajstić information content (AvgIpc) is 3.20. The monoisotopic (exact) mass is 411 g/mol. The molecule has 0 spiro atoms. The van der Waals surface area contributed by atoms with Crippen LogP contribution in [0.2, 0.25) is 0 Å². The minimum atomic E-state index is -0.0761. The molecule has 3 aromatic rings. The molecular formula is C21H25N5O2S. The number of methoxy groups -OCH3 is 1. The largest absolute Gasteiger partial charge is 0.494 e. The summed E-state index contributed by atoms with van der Waals surface area (Å²) in [6.07, 6.45) is 0.998. The maximum Gasteiger partial charge on any atom is 0.230 e. The highest BCUT2D eigenvalue weighted by Crippen LogP contribution is 2.27. The van der Waals surface area contributed by atoms with Crippen LogP contribution in [0.15, 0.2) is 47.6 Å². The molecule has 7 nitrogen and oxygen atoms in total. The Labute approximate surface area is 174 Å². The van der Waals surface area contributed by atoms with Gasteiger partial charge in [-0.05, 0) is 59.5 Å². The van der Waals surface area contributed by atoms with Crippen molar-refractivity contribution in [3.63, 3.8) is 0 Å². The molecule has 2 aromatic carbocycles. The Bertz CT molecular complexity index is 971. The van der Waals surface area contributed by atoms with Crippen molar-refractivity contribution in [3.05, 3.63) is 59.2 Å². The Morgan fingerprint density at radius 2 is 2.00 bits per heavy atom. The molecule has 1 heterocycles. The number of carbonyl (C=O) groups is 1. The third kappa shape index (κ3) is 5.14. The fourth-order valence-corrected chi connectivity index (χ4v) is 3.62. The summed E-state index contributed by atoms with van der Waals surface area (Å²) < 4.78 is 7.01. The van der Waals surface area contributed by atoms with Crippen molar-refractivity contribution in [2.75, 3.05) is 12.9 Å². The minimum Gasteiger partial charge on any atom is -0.494 e. The van der Waals surface area contributed by atoms with Gasteiger partial charge in [-0.15, -0.1) is 5.10 Å². The van der Waals surface area contributed by atoms with Gasteiger partial charge in [-0.25, -0.2) is 0 Å². The quantitative estimate of drug-likeness (QED) is 0.571. The van der Waals surface area contributed by atoms with Gasteiger partial charge in [0.15, 0.2) is 0 Å². The van der Waals surface area contributed by atoms with E-state index in [9.17, 15) is 4.79 Å². The highest BCUT2D eigenvalue weighted by molar-refractivity contribution is 7.99. The summed E-state index contributed by atoms with van der Waals surface area (Å²) in [5.41, 5.74) is 4.16. The van der Waals surface area contributed by atoms with Gasteiger partial charge in [-0.2, -0.15) is 4.68 Å². The van der Waals surface area contributed by atoms with Gasteiger partial charge in [0.2, 0.25) is 11.1 Å². The Kier molecular flexibility index (Phi) is 6.87. The summed E-state index contributed by atoms with van der Waals surface area (Å²) in [4.78, 5) is 12.4. The zero-order valence-corrected chi connectivity index (χ0v) is 17.9. The molecule has 0 saturated carbocycles. The molecule has 0 bridgehead atoms. The molecular weight excluding hydrogens is 386 g/mol. The van der Waals surface area contributed by atoms with Crippen LogP contribution in [0.4, 0.5) is 0 Å². The smallest absolute Gasteiger partial charge is 0.230 e. The molecule has 1 amide bonds. The number of tetrazole rings is 1. The fourth-order valence-electron chi connectivity index (χ4n) is 2.92. The van der Waals surface area contributed by atoms with E-state index in [4.69, 9.17) is 4.74 Å². The molecule has 0 unspecified atom stereocenters. The predicted molar refractivity (Wildman–Crippen MR) is 114 cm³/mol. The third-order valence-electron chi connectivity index (χ3n) is 4.60. The van der Waals surface area contributed by atoms with Gasteiger partial charge in [-0.3, -0.25) is 4.79 Å². The molecule has 1 aromatic heterocycles. The van der Waals surface area contributed by atoms with Crippen LogP contribution in [0.25, 0.3) is 5.69 Å². The highest BCUT2D eigenvalue weighted by atomic mass is 32.2. The number of hydrogen-bond acceptors (Lipinski definition) is 6. The van der Waals surface area contributed by atoms with Crippen LogP contribution in [0.5, 0.6) is 5.75 Å². The van der Waals surface area contributed by atoms with Crippen LogP contribution in [0.3, 0.4) is 0 Å². The number of rotatable bonds is 8. The summed E-state index contributed by atoms with van der Waals surface area (Å²) in [7, 11) is 1.60. The third-order valence-corrected chi connectivity index (χ3v) is 5.52. The summed E-state index contributed by atoms with van der Waals surface area (Å²) in [5.74, 6) is 0.803. The zero-order chi connectivity index (χ0) is 20.8. The minimum absolute atomic E-state index is 0.0677. The zero-order valence-electron chi connectivity index (χ0n) is 17.0. The van der Waals surface area contributed by atoms with Gasteiger partial charge >= 0.3 is 0 Å². The summed E-state index contributed by atoms with van der Waals surface area (Å²) in [6, 6.07) is 14.0. The van der Waals surface area contributed by atoms with E-state index in [1.165, 1.54) is 17.3 Å². The predicted octanol–water partition coefficient (Wildman–Crippen LogP) is 3.51. The van der Waals surface area contributed by atoms with Gasteiger partial charge in [0, 0.05) is 0 Å². The maximum absolute atomic E-state index is 12.4. The van der Waals surface area contributed by atoms with Gasteiger partial charge in [0.1, 0.15) is 11.4 Å². The molecule has 8 heteroatoms. The van der Waals surface area contributed by atoms with Crippen LogP contribution >= 0.6 is 11.8 Å². The molecule has 0 radical (unpaired) electrons. The molecule has 0 aliphatic rings. The van der Waals surface area contributed by atoms with E-state index < -0.39 is 0 Å².